The minimum absolute atomic E-state index is 0.284. The molecular weight excluding hydrogens is 480 g/mol. The van der Waals surface area contributed by atoms with Gasteiger partial charge in [-0.3, -0.25) is 0 Å². The van der Waals surface area contributed by atoms with Gasteiger partial charge in [0.2, 0.25) is 11.7 Å². The van der Waals surface area contributed by atoms with Crippen molar-refractivity contribution in [3.63, 3.8) is 0 Å². The van der Waals surface area contributed by atoms with E-state index >= 15 is 0 Å². The van der Waals surface area contributed by atoms with Gasteiger partial charge in [-0.05, 0) is 63.6 Å². The van der Waals surface area contributed by atoms with Crippen LogP contribution in [0, 0.1) is 17.2 Å². The summed E-state index contributed by atoms with van der Waals surface area (Å²) in [6, 6.07) is 17.5. The van der Waals surface area contributed by atoms with E-state index in [9.17, 15) is 10.1 Å². The lowest BCUT2D eigenvalue weighted by atomic mass is 9.77. The van der Waals surface area contributed by atoms with Crippen molar-refractivity contribution in [2.75, 3.05) is 13.1 Å². The van der Waals surface area contributed by atoms with Crippen LogP contribution < -0.4 is 0 Å². The fourth-order valence-corrected chi connectivity index (χ4v) is 5.95. The van der Waals surface area contributed by atoms with Crippen LogP contribution in [0.3, 0.4) is 0 Å². The van der Waals surface area contributed by atoms with Crippen molar-refractivity contribution >= 4 is 17.1 Å². The molecule has 0 radical (unpaired) electrons. The van der Waals surface area contributed by atoms with Gasteiger partial charge < -0.3 is 18.7 Å². The molecule has 1 aliphatic heterocycles. The first-order valence-corrected chi connectivity index (χ1v) is 13.1. The second kappa shape index (κ2) is 9.28. The smallest absolute Gasteiger partial charge is 0.410 e. The molecule has 0 bridgehead atoms. The molecule has 1 saturated heterocycles. The Balaban J connectivity index is 1.14. The van der Waals surface area contributed by atoms with E-state index in [4.69, 9.17) is 9.26 Å². The van der Waals surface area contributed by atoms with Crippen LogP contribution in [0.2, 0.25) is 0 Å². The van der Waals surface area contributed by atoms with Gasteiger partial charge in [0.15, 0.2) is 0 Å². The number of rotatable bonds is 6. The molecule has 0 N–H and O–H groups in total. The second-order valence-electron chi connectivity index (χ2n) is 11.3. The number of amides is 1. The SMILES string of the molecule is CC(C)(CN1CC2(CCCC(Cn3cnc4ccc(C#N)cc43)C2)OC1=O)c1nc(-c2ccccc2)no1. The molecule has 38 heavy (non-hydrogen) atoms. The maximum Gasteiger partial charge on any atom is 0.410 e. The van der Waals surface area contributed by atoms with Gasteiger partial charge >= 0.3 is 6.09 Å². The molecule has 4 aromatic rings. The van der Waals surface area contributed by atoms with Gasteiger partial charge in [0, 0.05) is 18.7 Å². The number of benzene rings is 2. The predicted octanol–water partition coefficient (Wildman–Crippen LogP) is 5.32. The first-order chi connectivity index (χ1) is 18.3. The molecule has 6 rings (SSSR count). The van der Waals surface area contributed by atoms with Gasteiger partial charge in [-0.25, -0.2) is 9.78 Å². The van der Waals surface area contributed by atoms with E-state index in [0.29, 0.717) is 36.3 Å². The van der Waals surface area contributed by atoms with Crippen molar-refractivity contribution in [2.24, 2.45) is 5.92 Å². The van der Waals surface area contributed by atoms with Crippen LogP contribution in [0.4, 0.5) is 4.79 Å². The molecule has 1 aliphatic carbocycles. The maximum absolute atomic E-state index is 13.0. The molecule has 2 fully saturated rings. The predicted molar refractivity (Wildman–Crippen MR) is 140 cm³/mol. The number of aromatic nitrogens is 4. The average molecular weight is 511 g/mol. The molecule has 1 spiro atoms. The molecule has 9 heteroatoms. The number of ether oxygens (including phenoxy) is 1. The Bertz CT molecular complexity index is 1520. The van der Waals surface area contributed by atoms with Crippen LogP contribution in [0.15, 0.2) is 59.4 Å². The highest BCUT2D eigenvalue weighted by atomic mass is 16.6. The van der Waals surface area contributed by atoms with E-state index in [1.165, 1.54) is 0 Å². The Kier molecular flexibility index (Phi) is 5.90. The quantitative estimate of drug-likeness (QED) is 0.345. The first kappa shape index (κ1) is 24.2. The average Bonchev–Trinajstić information content (AvgIpc) is 3.63. The summed E-state index contributed by atoms with van der Waals surface area (Å²) in [7, 11) is 0. The van der Waals surface area contributed by atoms with Crippen LogP contribution in [0.5, 0.6) is 0 Å². The number of fused-ring (bicyclic) bond motifs is 1. The van der Waals surface area contributed by atoms with Crippen molar-refractivity contribution in [3.05, 3.63) is 66.3 Å². The van der Waals surface area contributed by atoms with E-state index in [2.05, 4.69) is 25.8 Å². The second-order valence-corrected chi connectivity index (χ2v) is 11.3. The molecule has 2 aliphatic rings. The van der Waals surface area contributed by atoms with Gasteiger partial charge in [-0.1, -0.05) is 35.5 Å². The Morgan fingerprint density at radius 2 is 2.05 bits per heavy atom. The molecular formula is C29H30N6O3. The highest BCUT2D eigenvalue weighted by molar-refractivity contribution is 5.77. The zero-order valence-electron chi connectivity index (χ0n) is 21.6. The summed E-state index contributed by atoms with van der Waals surface area (Å²) in [5.74, 6) is 1.38. The Morgan fingerprint density at radius 3 is 2.87 bits per heavy atom. The molecule has 2 unspecified atom stereocenters. The van der Waals surface area contributed by atoms with Crippen LogP contribution in [-0.4, -0.2) is 49.4 Å². The van der Waals surface area contributed by atoms with Crippen LogP contribution in [0.25, 0.3) is 22.4 Å². The van der Waals surface area contributed by atoms with E-state index in [0.717, 1.165) is 48.8 Å². The number of hydrogen-bond donors (Lipinski definition) is 0. The molecule has 9 nitrogen and oxygen atoms in total. The summed E-state index contributed by atoms with van der Waals surface area (Å²) in [5, 5.41) is 13.5. The zero-order chi connectivity index (χ0) is 26.3. The van der Waals surface area contributed by atoms with Gasteiger partial charge in [0.25, 0.3) is 0 Å². The minimum Gasteiger partial charge on any atom is -0.441 e. The first-order valence-electron chi connectivity index (χ1n) is 13.1. The van der Waals surface area contributed by atoms with Gasteiger partial charge in [0.05, 0.1) is 41.0 Å². The normalized spacial score (nSPS) is 21.7. The van der Waals surface area contributed by atoms with Crippen molar-refractivity contribution < 1.29 is 14.1 Å². The van der Waals surface area contributed by atoms with E-state index < -0.39 is 11.0 Å². The Labute approximate surface area is 221 Å². The van der Waals surface area contributed by atoms with Crippen LogP contribution in [0.1, 0.15) is 51.0 Å². The highest BCUT2D eigenvalue weighted by Gasteiger charge is 2.49. The van der Waals surface area contributed by atoms with Crippen molar-refractivity contribution in [3.8, 4) is 17.5 Å². The third kappa shape index (κ3) is 4.51. The standard InChI is InChI=1S/C29H30N6O3/c1-28(2,26-32-25(33-38-26)22-8-4-3-5-9-22)17-35-18-29(37-27(35)36)12-6-7-21(14-29)16-34-19-31-23-11-10-20(15-30)13-24(23)34/h3-5,8-11,13,19,21H,6-7,12,14,16-18H2,1-2H3. The maximum atomic E-state index is 13.0. The lowest BCUT2D eigenvalue weighted by Gasteiger charge is -2.36. The largest absolute Gasteiger partial charge is 0.441 e. The Hall–Kier alpha value is -4.19. The molecule has 1 amide bonds. The van der Waals surface area contributed by atoms with Crippen LogP contribution in [-0.2, 0) is 16.7 Å². The molecule has 2 aromatic carbocycles. The van der Waals surface area contributed by atoms with E-state index in [1.54, 1.807) is 11.0 Å². The fourth-order valence-electron chi connectivity index (χ4n) is 5.95. The summed E-state index contributed by atoms with van der Waals surface area (Å²) in [6.45, 7) is 5.78. The van der Waals surface area contributed by atoms with E-state index in [1.807, 2.05) is 62.6 Å². The monoisotopic (exact) mass is 510 g/mol. The number of nitrogens with zero attached hydrogens (tertiary/aromatic N) is 6. The summed E-state index contributed by atoms with van der Waals surface area (Å²) in [5.41, 5.74) is 2.33. The molecule has 2 atom stereocenters. The van der Waals surface area contributed by atoms with Gasteiger partial charge in [-0.2, -0.15) is 10.2 Å². The molecule has 194 valence electrons. The van der Waals surface area contributed by atoms with Gasteiger partial charge in [0.1, 0.15) is 5.60 Å². The summed E-state index contributed by atoms with van der Waals surface area (Å²) in [4.78, 5) is 24.0. The summed E-state index contributed by atoms with van der Waals surface area (Å²) >= 11 is 0. The lowest BCUT2D eigenvalue weighted by molar-refractivity contribution is 0.00413. The number of carbonyl (C=O) groups excluding carboxylic acids is 1. The molecule has 2 aromatic heterocycles. The number of carbonyl (C=O) groups is 1. The lowest BCUT2D eigenvalue weighted by Crippen LogP contribution is -2.43. The molecule has 3 heterocycles. The Morgan fingerprint density at radius 1 is 1.21 bits per heavy atom. The summed E-state index contributed by atoms with van der Waals surface area (Å²) < 4.78 is 13.8. The third-order valence-electron chi connectivity index (χ3n) is 7.77. The van der Waals surface area contributed by atoms with Crippen molar-refractivity contribution in [1.82, 2.24) is 24.6 Å². The fraction of sp³-hybridized carbons (Fsp3) is 0.414. The van der Waals surface area contributed by atoms with Crippen molar-refractivity contribution in [1.29, 1.82) is 5.26 Å². The minimum atomic E-state index is -0.535. The number of imidazole rings is 1. The third-order valence-corrected chi connectivity index (χ3v) is 7.77. The molecule has 1 saturated carbocycles. The van der Waals surface area contributed by atoms with Gasteiger partial charge in [-0.15, -0.1) is 0 Å². The number of hydrogen-bond acceptors (Lipinski definition) is 7. The number of nitriles is 1. The van der Waals surface area contributed by atoms with Crippen LogP contribution >= 0.6 is 0 Å². The zero-order valence-corrected chi connectivity index (χ0v) is 21.6. The highest BCUT2D eigenvalue weighted by Crippen LogP contribution is 2.41. The van der Waals surface area contributed by atoms with E-state index in [-0.39, 0.29) is 6.09 Å². The topological polar surface area (TPSA) is 110 Å². The van der Waals surface area contributed by atoms with Crippen molar-refractivity contribution in [2.45, 2.75) is 57.1 Å². The summed E-state index contributed by atoms with van der Waals surface area (Å²) in [6.07, 6.45) is 5.27.